The maximum atomic E-state index is 12.2. The number of hydrogen-bond donors (Lipinski definition) is 1. The number of nitrogens with zero attached hydrogens (tertiary/aromatic N) is 3. The SMILES string of the molecule is Cn1cc(C#N)c(NC(=O)c2ccc3c(c2)CCO3)n1. The van der Waals surface area contributed by atoms with Gasteiger partial charge in [0.05, 0.1) is 6.61 Å². The van der Waals surface area contributed by atoms with Crippen molar-refractivity contribution in [3.05, 3.63) is 41.1 Å². The van der Waals surface area contributed by atoms with E-state index in [0.717, 1.165) is 17.7 Å². The summed E-state index contributed by atoms with van der Waals surface area (Å²) in [6.45, 7) is 0.652. The lowest BCUT2D eigenvalue weighted by Crippen LogP contribution is -2.13. The zero-order valence-electron chi connectivity index (χ0n) is 10.9. The Morgan fingerprint density at radius 3 is 3.20 bits per heavy atom. The molecule has 0 fully saturated rings. The summed E-state index contributed by atoms with van der Waals surface area (Å²) >= 11 is 0. The number of nitrogens with one attached hydrogen (secondary N) is 1. The van der Waals surface area contributed by atoms with E-state index >= 15 is 0 Å². The first-order chi connectivity index (χ1) is 9.67. The number of amides is 1. The molecule has 1 aromatic heterocycles. The summed E-state index contributed by atoms with van der Waals surface area (Å²) in [7, 11) is 1.70. The zero-order valence-corrected chi connectivity index (χ0v) is 10.9. The number of carbonyl (C=O) groups excluding carboxylic acids is 1. The number of benzene rings is 1. The largest absolute Gasteiger partial charge is 0.493 e. The molecule has 0 spiro atoms. The standard InChI is InChI=1S/C14H12N4O2/c1-18-8-11(7-15)13(17-18)16-14(19)10-2-3-12-9(6-10)4-5-20-12/h2-3,6,8H,4-5H2,1H3,(H,16,17,19). The zero-order chi connectivity index (χ0) is 14.1. The van der Waals surface area contributed by atoms with Crippen LogP contribution in [-0.2, 0) is 13.5 Å². The van der Waals surface area contributed by atoms with Gasteiger partial charge in [-0.25, -0.2) is 0 Å². The van der Waals surface area contributed by atoms with Crippen LogP contribution in [0.1, 0.15) is 21.5 Å². The first-order valence-corrected chi connectivity index (χ1v) is 6.18. The van der Waals surface area contributed by atoms with E-state index in [1.54, 1.807) is 25.4 Å². The van der Waals surface area contributed by atoms with Gasteiger partial charge in [0.2, 0.25) is 0 Å². The Morgan fingerprint density at radius 1 is 1.55 bits per heavy atom. The number of ether oxygens (including phenoxy) is 1. The number of aromatic nitrogens is 2. The first-order valence-electron chi connectivity index (χ1n) is 6.18. The molecule has 20 heavy (non-hydrogen) atoms. The monoisotopic (exact) mass is 268 g/mol. The molecule has 6 heteroatoms. The van der Waals surface area contributed by atoms with Crippen LogP contribution in [-0.4, -0.2) is 22.3 Å². The van der Waals surface area contributed by atoms with Crippen molar-refractivity contribution >= 4 is 11.7 Å². The molecule has 1 N–H and O–H groups in total. The number of fused-ring (bicyclic) bond motifs is 1. The highest BCUT2D eigenvalue weighted by Gasteiger charge is 2.17. The fourth-order valence-corrected chi connectivity index (χ4v) is 2.17. The Hall–Kier alpha value is -2.81. The van der Waals surface area contributed by atoms with Crippen molar-refractivity contribution in [3.8, 4) is 11.8 Å². The van der Waals surface area contributed by atoms with Crippen molar-refractivity contribution in [1.82, 2.24) is 9.78 Å². The fraction of sp³-hybridized carbons (Fsp3) is 0.214. The molecule has 2 aromatic rings. The van der Waals surface area contributed by atoms with E-state index in [1.807, 2.05) is 12.1 Å². The molecule has 6 nitrogen and oxygen atoms in total. The lowest BCUT2D eigenvalue weighted by atomic mass is 10.1. The first kappa shape index (κ1) is 12.2. The van der Waals surface area contributed by atoms with E-state index in [0.29, 0.717) is 17.7 Å². The van der Waals surface area contributed by atoms with Crippen LogP contribution in [0.25, 0.3) is 0 Å². The van der Waals surface area contributed by atoms with Crippen LogP contribution in [0, 0.1) is 11.3 Å². The van der Waals surface area contributed by atoms with Crippen LogP contribution in [0.5, 0.6) is 5.75 Å². The Balaban J connectivity index is 1.84. The molecule has 0 bridgehead atoms. The second kappa shape index (κ2) is 4.70. The lowest BCUT2D eigenvalue weighted by Gasteiger charge is -2.04. The smallest absolute Gasteiger partial charge is 0.256 e. The van der Waals surface area contributed by atoms with Crippen molar-refractivity contribution < 1.29 is 9.53 Å². The van der Waals surface area contributed by atoms with Gasteiger partial charge in [-0.1, -0.05) is 0 Å². The van der Waals surface area contributed by atoms with E-state index in [9.17, 15) is 4.79 Å². The summed E-state index contributed by atoms with van der Waals surface area (Å²) in [5.41, 5.74) is 1.90. The molecule has 0 saturated carbocycles. The number of anilines is 1. The number of hydrogen-bond acceptors (Lipinski definition) is 4. The van der Waals surface area contributed by atoms with Gasteiger partial charge in [-0.05, 0) is 23.8 Å². The molecular weight excluding hydrogens is 256 g/mol. The molecule has 0 unspecified atom stereocenters. The topological polar surface area (TPSA) is 79.9 Å². The van der Waals surface area contributed by atoms with Crippen LogP contribution in [0.3, 0.4) is 0 Å². The van der Waals surface area contributed by atoms with Gasteiger partial charge in [-0.2, -0.15) is 10.4 Å². The summed E-state index contributed by atoms with van der Waals surface area (Å²) in [5, 5.41) is 15.7. The second-order valence-electron chi connectivity index (χ2n) is 4.55. The van der Waals surface area contributed by atoms with Crippen LogP contribution < -0.4 is 10.1 Å². The molecular formula is C14H12N4O2. The molecule has 1 aliphatic rings. The van der Waals surface area contributed by atoms with Gasteiger partial charge >= 0.3 is 0 Å². The van der Waals surface area contributed by atoms with Crippen LogP contribution in [0.15, 0.2) is 24.4 Å². The van der Waals surface area contributed by atoms with E-state index in [4.69, 9.17) is 10.00 Å². The summed E-state index contributed by atoms with van der Waals surface area (Å²) in [6, 6.07) is 7.30. The van der Waals surface area contributed by atoms with Crippen molar-refractivity contribution in [3.63, 3.8) is 0 Å². The molecule has 1 aromatic carbocycles. The number of rotatable bonds is 2. The minimum absolute atomic E-state index is 0.275. The van der Waals surface area contributed by atoms with E-state index in [1.165, 1.54) is 4.68 Å². The summed E-state index contributed by atoms with van der Waals surface area (Å²) in [4.78, 5) is 12.2. The number of nitriles is 1. The van der Waals surface area contributed by atoms with Gasteiger partial charge in [0.1, 0.15) is 17.4 Å². The van der Waals surface area contributed by atoms with Crippen molar-refractivity contribution in [2.75, 3.05) is 11.9 Å². The molecule has 0 radical (unpaired) electrons. The van der Waals surface area contributed by atoms with Gasteiger partial charge in [0.15, 0.2) is 5.82 Å². The summed E-state index contributed by atoms with van der Waals surface area (Å²) in [5.74, 6) is 0.823. The summed E-state index contributed by atoms with van der Waals surface area (Å²) in [6.07, 6.45) is 2.37. The molecule has 1 amide bonds. The third-order valence-corrected chi connectivity index (χ3v) is 3.13. The third-order valence-electron chi connectivity index (χ3n) is 3.13. The predicted octanol–water partition coefficient (Wildman–Crippen LogP) is 1.48. The highest BCUT2D eigenvalue weighted by molar-refractivity contribution is 6.04. The molecule has 100 valence electrons. The number of carbonyl (C=O) groups is 1. The second-order valence-corrected chi connectivity index (χ2v) is 4.55. The minimum atomic E-state index is -0.282. The average Bonchev–Trinajstić information content (AvgIpc) is 3.03. The van der Waals surface area contributed by atoms with Crippen LogP contribution in [0.4, 0.5) is 5.82 Å². The Labute approximate surface area is 115 Å². The minimum Gasteiger partial charge on any atom is -0.493 e. The van der Waals surface area contributed by atoms with Gasteiger partial charge < -0.3 is 10.1 Å². The Morgan fingerprint density at radius 2 is 2.40 bits per heavy atom. The summed E-state index contributed by atoms with van der Waals surface area (Å²) < 4.78 is 6.89. The normalized spacial score (nSPS) is 12.4. The Kier molecular flexibility index (Phi) is 2.88. The lowest BCUT2D eigenvalue weighted by molar-refractivity contribution is 0.102. The van der Waals surface area contributed by atoms with Gasteiger partial charge in [-0.15, -0.1) is 0 Å². The molecule has 0 atom stereocenters. The Bertz CT molecular complexity index is 727. The molecule has 2 heterocycles. The average molecular weight is 268 g/mol. The van der Waals surface area contributed by atoms with Gasteiger partial charge in [0.25, 0.3) is 5.91 Å². The van der Waals surface area contributed by atoms with Crippen molar-refractivity contribution in [2.24, 2.45) is 7.05 Å². The maximum absolute atomic E-state index is 12.2. The quantitative estimate of drug-likeness (QED) is 0.894. The van der Waals surface area contributed by atoms with E-state index < -0.39 is 0 Å². The van der Waals surface area contributed by atoms with Crippen LogP contribution >= 0.6 is 0 Å². The van der Waals surface area contributed by atoms with Crippen molar-refractivity contribution in [2.45, 2.75) is 6.42 Å². The van der Waals surface area contributed by atoms with Gasteiger partial charge in [0, 0.05) is 25.2 Å². The fourth-order valence-electron chi connectivity index (χ4n) is 2.17. The number of aryl methyl sites for hydroxylation is 1. The molecule has 1 aliphatic heterocycles. The van der Waals surface area contributed by atoms with Gasteiger partial charge in [-0.3, -0.25) is 9.48 Å². The maximum Gasteiger partial charge on any atom is 0.256 e. The molecule has 0 saturated heterocycles. The third kappa shape index (κ3) is 2.10. The van der Waals surface area contributed by atoms with E-state index in [-0.39, 0.29) is 11.7 Å². The molecule has 3 rings (SSSR count). The highest BCUT2D eigenvalue weighted by atomic mass is 16.5. The van der Waals surface area contributed by atoms with Crippen molar-refractivity contribution in [1.29, 1.82) is 5.26 Å². The van der Waals surface area contributed by atoms with Crippen LogP contribution in [0.2, 0.25) is 0 Å². The van der Waals surface area contributed by atoms with E-state index in [2.05, 4.69) is 10.4 Å². The molecule has 0 aliphatic carbocycles. The highest BCUT2D eigenvalue weighted by Crippen LogP contribution is 2.26. The predicted molar refractivity (Wildman–Crippen MR) is 71.5 cm³/mol.